The van der Waals surface area contributed by atoms with Crippen LogP contribution >= 0.6 is 0 Å². The van der Waals surface area contributed by atoms with Crippen LogP contribution in [0.3, 0.4) is 0 Å². The molecular weight excluding hydrogens is 254 g/mol. The zero-order valence-corrected chi connectivity index (χ0v) is 10.8. The van der Waals surface area contributed by atoms with Crippen LogP contribution in [0.2, 0.25) is 0 Å². The van der Waals surface area contributed by atoms with Crippen molar-refractivity contribution in [1.29, 1.82) is 0 Å². The molecule has 0 saturated heterocycles. The minimum Gasteiger partial charge on any atom is -0.464 e. The SMILES string of the molecule is COCc1c(C(=O)OC)nnn1Cc1nc(C)no1. The Labute approximate surface area is 108 Å². The van der Waals surface area contributed by atoms with Gasteiger partial charge in [0, 0.05) is 7.11 Å². The van der Waals surface area contributed by atoms with Gasteiger partial charge in [0.25, 0.3) is 0 Å². The molecule has 0 amide bonds. The number of ether oxygens (including phenoxy) is 2. The van der Waals surface area contributed by atoms with E-state index in [1.165, 1.54) is 18.9 Å². The van der Waals surface area contributed by atoms with Gasteiger partial charge in [0.1, 0.15) is 6.54 Å². The highest BCUT2D eigenvalue weighted by Gasteiger charge is 2.21. The van der Waals surface area contributed by atoms with Gasteiger partial charge in [-0.15, -0.1) is 5.10 Å². The summed E-state index contributed by atoms with van der Waals surface area (Å²) >= 11 is 0. The van der Waals surface area contributed by atoms with Crippen molar-refractivity contribution in [2.24, 2.45) is 0 Å². The Kier molecular flexibility index (Phi) is 3.85. The van der Waals surface area contributed by atoms with Crippen LogP contribution < -0.4 is 0 Å². The number of carbonyl (C=O) groups excluding carboxylic acids is 1. The molecular formula is C10H13N5O4. The zero-order valence-electron chi connectivity index (χ0n) is 10.8. The number of aromatic nitrogens is 5. The van der Waals surface area contributed by atoms with Crippen molar-refractivity contribution in [3.63, 3.8) is 0 Å². The molecule has 102 valence electrons. The van der Waals surface area contributed by atoms with E-state index in [2.05, 4.69) is 25.2 Å². The van der Waals surface area contributed by atoms with Gasteiger partial charge in [-0.05, 0) is 6.92 Å². The fraction of sp³-hybridized carbons (Fsp3) is 0.500. The average Bonchev–Trinajstić information content (AvgIpc) is 2.97. The number of esters is 1. The summed E-state index contributed by atoms with van der Waals surface area (Å²) in [6.07, 6.45) is 0. The summed E-state index contributed by atoms with van der Waals surface area (Å²) < 4.78 is 16.1. The lowest BCUT2D eigenvalue weighted by molar-refractivity contribution is 0.0588. The van der Waals surface area contributed by atoms with Crippen LogP contribution in [0.1, 0.15) is 27.9 Å². The van der Waals surface area contributed by atoms with Crippen molar-refractivity contribution in [2.75, 3.05) is 14.2 Å². The lowest BCUT2D eigenvalue weighted by Gasteiger charge is -2.04. The fourth-order valence-corrected chi connectivity index (χ4v) is 1.53. The van der Waals surface area contributed by atoms with Gasteiger partial charge >= 0.3 is 5.97 Å². The van der Waals surface area contributed by atoms with Gasteiger partial charge in [0.05, 0.1) is 19.4 Å². The largest absolute Gasteiger partial charge is 0.464 e. The van der Waals surface area contributed by atoms with Crippen LogP contribution in [0.25, 0.3) is 0 Å². The van der Waals surface area contributed by atoms with Crippen molar-refractivity contribution in [3.05, 3.63) is 23.1 Å². The van der Waals surface area contributed by atoms with Crippen LogP contribution in [-0.4, -0.2) is 45.3 Å². The van der Waals surface area contributed by atoms with E-state index in [1.807, 2.05) is 0 Å². The number of aryl methyl sites for hydroxylation is 1. The van der Waals surface area contributed by atoms with Crippen molar-refractivity contribution in [3.8, 4) is 0 Å². The number of hydrogen-bond donors (Lipinski definition) is 0. The van der Waals surface area contributed by atoms with E-state index in [-0.39, 0.29) is 18.8 Å². The van der Waals surface area contributed by atoms with E-state index in [0.717, 1.165) is 0 Å². The highest BCUT2D eigenvalue weighted by atomic mass is 16.5. The van der Waals surface area contributed by atoms with Crippen molar-refractivity contribution in [2.45, 2.75) is 20.1 Å². The molecule has 2 rings (SSSR count). The molecule has 0 aliphatic heterocycles. The summed E-state index contributed by atoms with van der Waals surface area (Å²) in [5.41, 5.74) is 0.603. The number of methoxy groups -OCH3 is 2. The van der Waals surface area contributed by atoms with Gasteiger partial charge in [-0.2, -0.15) is 4.98 Å². The molecule has 0 bridgehead atoms. The Balaban J connectivity index is 2.29. The van der Waals surface area contributed by atoms with Crippen molar-refractivity contribution in [1.82, 2.24) is 25.1 Å². The molecule has 0 unspecified atom stereocenters. The lowest BCUT2D eigenvalue weighted by Crippen LogP contribution is -2.11. The highest BCUT2D eigenvalue weighted by molar-refractivity contribution is 5.88. The predicted molar refractivity (Wildman–Crippen MR) is 60.2 cm³/mol. The van der Waals surface area contributed by atoms with Crippen LogP contribution in [0.5, 0.6) is 0 Å². The van der Waals surface area contributed by atoms with E-state index in [1.54, 1.807) is 6.92 Å². The Morgan fingerprint density at radius 2 is 2.21 bits per heavy atom. The lowest BCUT2D eigenvalue weighted by atomic mass is 10.3. The zero-order chi connectivity index (χ0) is 13.8. The quantitative estimate of drug-likeness (QED) is 0.694. The number of hydrogen-bond acceptors (Lipinski definition) is 8. The molecule has 2 heterocycles. The second-order valence-electron chi connectivity index (χ2n) is 3.70. The van der Waals surface area contributed by atoms with Crippen molar-refractivity contribution < 1.29 is 18.8 Å². The molecule has 0 atom stereocenters. The molecule has 0 fully saturated rings. The molecule has 9 nitrogen and oxygen atoms in total. The second kappa shape index (κ2) is 5.57. The summed E-state index contributed by atoms with van der Waals surface area (Å²) in [6, 6.07) is 0. The highest BCUT2D eigenvalue weighted by Crippen LogP contribution is 2.10. The van der Waals surface area contributed by atoms with Crippen LogP contribution in [-0.2, 0) is 22.6 Å². The third kappa shape index (κ3) is 2.76. The van der Waals surface area contributed by atoms with Gasteiger partial charge in [0.2, 0.25) is 5.89 Å². The van der Waals surface area contributed by atoms with E-state index in [9.17, 15) is 4.79 Å². The first-order valence-corrected chi connectivity index (χ1v) is 5.44. The first-order chi connectivity index (χ1) is 9.15. The molecule has 0 aromatic carbocycles. The molecule has 0 saturated carbocycles. The van der Waals surface area contributed by atoms with E-state index in [0.29, 0.717) is 17.4 Å². The van der Waals surface area contributed by atoms with Crippen LogP contribution in [0.4, 0.5) is 0 Å². The summed E-state index contributed by atoms with van der Waals surface area (Å²) in [7, 11) is 2.79. The van der Waals surface area contributed by atoms with Gasteiger partial charge in [0.15, 0.2) is 11.5 Å². The van der Waals surface area contributed by atoms with Gasteiger partial charge in [-0.3, -0.25) is 0 Å². The Bertz CT molecular complexity index is 576. The summed E-state index contributed by atoms with van der Waals surface area (Å²) in [4.78, 5) is 15.6. The number of carbonyl (C=O) groups is 1. The maximum Gasteiger partial charge on any atom is 0.360 e. The molecule has 19 heavy (non-hydrogen) atoms. The maximum atomic E-state index is 11.5. The van der Waals surface area contributed by atoms with Crippen LogP contribution in [0.15, 0.2) is 4.52 Å². The number of nitrogens with zero attached hydrogens (tertiary/aromatic N) is 5. The summed E-state index contributed by atoms with van der Waals surface area (Å²) in [6.45, 7) is 2.10. The van der Waals surface area contributed by atoms with Gasteiger partial charge in [-0.1, -0.05) is 10.4 Å². The van der Waals surface area contributed by atoms with Gasteiger partial charge in [-0.25, -0.2) is 9.48 Å². The average molecular weight is 267 g/mol. The molecule has 0 spiro atoms. The molecule has 0 radical (unpaired) electrons. The molecule has 9 heteroatoms. The van der Waals surface area contributed by atoms with E-state index < -0.39 is 5.97 Å². The molecule has 0 aliphatic carbocycles. The third-order valence-electron chi connectivity index (χ3n) is 2.35. The predicted octanol–water partition coefficient (Wildman–Crippen LogP) is -0.0492. The third-order valence-corrected chi connectivity index (χ3v) is 2.35. The molecule has 2 aromatic rings. The summed E-state index contributed by atoms with van der Waals surface area (Å²) in [5.74, 6) is 0.327. The fourth-order valence-electron chi connectivity index (χ4n) is 1.53. The monoisotopic (exact) mass is 267 g/mol. The molecule has 2 aromatic heterocycles. The van der Waals surface area contributed by atoms with Crippen LogP contribution in [0, 0.1) is 6.92 Å². The first-order valence-electron chi connectivity index (χ1n) is 5.44. The van der Waals surface area contributed by atoms with Gasteiger partial charge < -0.3 is 14.0 Å². The smallest absolute Gasteiger partial charge is 0.360 e. The maximum absolute atomic E-state index is 11.5. The Morgan fingerprint density at radius 1 is 1.42 bits per heavy atom. The minimum absolute atomic E-state index is 0.112. The molecule has 0 N–H and O–H groups in total. The second-order valence-corrected chi connectivity index (χ2v) is 3.70. The Hall–Kier alpha value is -2.29. The minimum atomic E-state index is -0.569. The summed E-state index contributed by atoms with van der Waals surface area (Å²) in [5, 5.41) is 11.3. The van der Waals surface area contributed by atoms with E-state index in [4.69, 9.17) is 9.26 Å². The number of rotatable bonds is 5. The first kappa shape index (κ1) is 13.1. The standard InChI is InChI=1S/C10H13N5O4/c1-6-11-8(19-13-6)4-15-7(5-17-2)9(12-14-15)10(16)18-3/h4-5H2,1-3H3. The van der Waals surface area contributed by atoms with Crippen molar-refractivity contribution >= 4 is 5.97 Å². The Morgan fingerprint density at radius 3 is 2.79 bits per heavy atom. The van der Waals surface area contributed by atoms with E-state index >= 15 is 0 Å². The molecule has 0 aliphatic rings. The normalized spacial score (nSPS) is 10.7. The topological polar surface area (TPSA) is 105 Å².